The summed E-state index contributed by atoms with van der Waals surface area (Å²) in [6.45, 7) is 2.02. The molecule has 0 spiro atoms. The van der Waals surface area contributed by atoms with Gasteiger partial charge in [-0.15, -0.1) is 5.10 Å². The van der Waals surface area contributed by atoms with E-state index in [-0.39, 0.29) is 6.04 Å². The van der Waals surface area contributed by atoms with Crippen LogP contribution >= 0.6 is 0 Å². The molecule has 2 heterocycles. The Morgan fingerprint density at radius 1 is 1.53 bits per heavy atom. The lowest BCUT2D eigenvalue weighted by atomic mass is 10.2. The van der Waals surface area contributed by atoms with Crippen LogP contribution < -0.4 is 5.73 Å². The summed E-state index contributed by atoms with van der Waals surface area (Å²) in [5, 5.41) is 12.2. The molecule has 0 aromatic carbocycles. The molecular weight excluding hydrogens is 192 g/mol. The summed E-state index contributed by atoms with van der Waals surface area (Å²) >= 11 is 0. The van der Waals surface area contributed by atoms with Gasteiger partial charge in [0.05, 0.1) is 17.9 Å². The summed E-state index contributed by atoms with van der Waals surface area (Å²) in [4.78, 5) is 0. The number of nitrogens with zero attached hydrogens (tertiary/aromatic N) is 5. The number of aryl methyl sites for hydroxylation is 1. The molecule has 2 rings (SSSR count). The van der Waals surface area contributed by atoms with Gasteiger partial charge in [0.2, 0.25) is 0 Å². The third-order valence-electron chi connectivity index (χ3n) is 2.27. The van der Waals surface area contributed by atoms with Crippen LogP contribution in [0.1, 0.15) is 25.1 Å². The molecule has 0 aliphatic carbocycles. The first-order valence-corrected chi connectivity index (χ1v) is 4.88. The normalized spacial score (nSPS) is 13.0. The SMILES string of the molecule is CCC(N)c1cn(-c2ccn(C)n2)nn1. The summed E-state index contributed by atoms with van der Waals surface area (Å²) in [6, 6.07) is 1.82. The van der Waals surface area contributed by atoms with Crippen LogP contribution in [-0.2, 0) is 7.05 Å². The smallest absolute Gasteiger partial charge is 0.176 e. The maximum atomic E-state index is 5.85. The van der Waals surface area contributed by atoms with E-state index in [1.807, 2.05) is 32.4 Å². The fourth-order valence-electron chi connectivity index (χ4n) is 1.29. The summed E-state index contributed by atoms with van der Waals surface area (Å²) in [5.74, 6) is 0.750. The minimum atomic E-state index is -0.0533. The highest BCUT2D eigenvalue weighted by Crippen LogP contribution is 2.11. The third-order valence-corrected chi connectivity index (χ3v) is 2.27. The fourth-order valence-corrected chi connectivity index (χ4v) is 1.29. The highest BCUT2D eigenvalue weighted by atomic mass is 15.5. The van der Waals surface area contributed by atoms with E-state index in [4.69, 9.17) is 5.73 Å². The number of nitrogens with two attached hydrogens (primary N) is 1. The Balaban J connectivity index is 2.27. The van der Waals surface area contributed by atoms with E-state index in [2.05, 4.69) is 15.4 Å². The highest BCUT2D eigenvalue weighted by molar-refractivity contribution is 5.18. The Bertz CT molecular complexity index is 443. The van der Waals surface area contributed by atoms with Gasteiger partial charge in [-0.1, -0.05) is 12.1 Å². The Hall–Kier alpha value is -1.69. The first-order valence-electron chi connectivity index (χ1n) is 4.88. The molecule has 0 saturated carbocycles. The molecule has 2 aromatic rings. The lowest BCUT2D eigenvalue weighted by molar-refractivity contribution is 0.669. The maximum absolute atomic E-state index is 5.85. The van der Waals surface area contributed by atoms with Crippen LogP contribution in [0.2, 0.25) is 0 Å². The van der Waals surface area contributed by atoms with Gasteiger partial charge >= 0.3 is 0 Å². The Kier molecular flexibility index (Phi) is 2.51. The Labute approximate surface area is 87.7 Å². The zero-order chi connectivity index (χ0) is 10.8. The molecule has 80 valence electrons. The standard InChI is InChI=1S/C9H14N6/c1-3-7(10)8-6-15(13-11-8)9-4-5-14(2)12-9/h4-7H,3,10H2,1-2H3. The predicted molar refractivity (Wildman–Crippen MR) is 55.3 cm³/mol. The monoisotopic (exact) mass is 206 g/mol. The van der Waals surface area contributed by atoms with Gasteiger partial charge in [-0.2, -0.15) is 5.10 Å². The molecule has 0 fully saturated rings. The molecule has 0 aliphatic rings. The van der Waals surface area contributed by atoms with E-state index in [1.54, 1.807) is 9.36 Å². The van der Waals surface area contributed by atoms with Gasteiger partial charge in [0.15, 0.2) is 5.82 Å². The highest BCUT2D eigenvalue weighted by Gasteiger charge is 2.09. The second kappa shape index (κ2) is 3.82. The summed E-state index contributed by atoms with van der Waals surface area (Å²) in [6.07, 6.45) is 4.52. The molecule has 0 amide bonds. The van der Waals surface area contributed by atoms with Crippen LogP contribution in [0.15, 0.2) is 18.5 Å². The van der Waals surface area contributed by atoms with E-state index in [1.165, 1.54) is 0 Å². The molecule has 6 heteroatoms. The lowest BCUT2D eigenvalue weighted by Crippen LogP contribution is -2.08. The second-order valence-electron chi connectivity index (χ2n) is 3.45. The topological polar surface area (TPSA) is 74.5 Å². The van der Waals surface area contributed by atoms with Crippen molar-refractivity contribution in [3.8, 4) is 5.82 Å². The predicted octanol–water partition coefficient (Wildman–Crippen LogP) is 0.411. The molecule has 1 atom stereocenters. The fraction of sp³-hybridized carbons (Fsp3) is 0.444. The van der Waals surface area contributed by atoms with Crippen LogP contribution in [0.25, 0.3) is 5.82 Å². The van der Waals surface area contributed by atoms with Gasteiger partial charge in [-0.05, 0) is 6.42 Å². The summed E-state index contributed by atoms with van der Waals surface area (Å²) < 4.78 is 3.35. The molecule has 0 aliphatic heterocycles. The van der Waals surface area contributed by atoms with Crippen LogP contribution in [0.3, 0.4) is 0 Å². The zero-order valence-corrected chi connectivity index (χ0v) is 8.83. The maximum Gasteiger partial charge on any atom is 0.176 e. The van der Waals surface area contributed by atoms with Crippen molar-refractivity contribution < 1.29 is 0 Å². The van der Waals surface area contributed by atoms with E-state index >= 15 is 0 Å². The van der Waals surface area contributed by atoms with Crippen molar-refractivity contribution in [1.82, 2.24) is 24.8 Å². The lowest BCUT2D eigenvalue weighted by Gasteiger charge is -2.01. The van der Waals surface area contributed by atoms with E-state index in [0.717, 1.165) is 17.9 Å². The molecule has 0 bridgehead atoms. The summed E-state index contributed by atoms with van der Waals surface area (Å²) in [7, 11) is 1.86. The third kappa shape index (κ3) is 1.89. The molecule has 15 heavy (non-hydrogen) atoms. The van der Waals surface area contributed by atoms with Crippen LogP contribution in [0, 0.1) is 0 Å². The first kappa shape index (κ1) is 9.85. The van der Waals surface area contributed by atoms with E-state index < -0.39 is 0 Å². The average molecular weight is 206 g/mol. The van der Waals surface area contributed by atoms with Crippen molar-refractivity contribution in [3.63, 3.8) is 0 Å². The minimum absolute atomic E-state index is 0.0533. The summed E-state index contributed by atoms with van der Waals surface area (Å²) in [5.41, 5.74) is 6.64. The number of hydrogen-bond donors (Lipinski definition) is 1. The van der Waals surface area contributed by atoms with Crippen molar-refractivity contribution in [2.24, 2.45) is 12.8 Å². The van der Waals surface area contributed by atoms with Gasteiger partial charge < -0.3 is 5.73 Å². The van der Waals surface area contributed by atoms with Crippen molar-refractivity contribution in [3.05, 3.63) is 24.2 Å². The van der Waals surface area contributed by atoms with Gasteiger partial charge in [0.1, 0.15) is 0 Å². The molecule has 0 radical (unpaired) electrons. The average Bonchev–Trinajstić information content (AvgIpc) is 2.84. The van der Waals surface area contributed by atoms with Crippen molar-refractivity contribution in [2.75, 3.05) is 0 Å². The van der Waals surface area contributed by atoms with Gasteiger partial charge in [0.25, 0.3) is 0 Å². The van der Waals surface area contributed by atoms with Crippen LogP contribution in [0.4, 0.5) is 0 Å². The van der Waals surface area contributed by atoms with Crippen LogP contribution in [-0.4, -0.2) is 24.8 Å². The molecule has 6 nitrogen and oxygen atoms in total. The Morgan fingerprint density at radius 2 is 2.33 bits per heavy atom. The second-order valence-corrected chi connectivity index (χ2v) is 3.45. The molecule has 2 N–H and O–H groups in total. The number of rotatable bonds is 3. The molecule has 1 unspecified atom stereocenters. The largest absolute Gasteiger partial charge is 0.323 e. The minimum Gasteiger partial charge on any atom is -0.323 e. The van der Waals surface area contributed by atoms with Crippen molar-refractivity contribution in [1.29, 1.82) is 0 Å². The molecular formula is C9H14N6. The van der Waals surface area contributed by atoms with Gasteiger partial charge in [-0.3, -0.25) is 4.68 Å². The van der Waals surface area contributed by atoms with Crippen molar-refractivity contribution >= 4 is 0 Å². The quantitative estimate of drug-likeness (QED) is 0.789. The number of aromatic nitrogens is 5. The number of hydrogen-bond acceptors (Lipinski definition) is 4. The van der Waals surface area contributed by atoms with Crippen molar-refractivity contribution in [2.45, 2.75) is 19.4 Å². The van der Waals surface area contributed by atoms with E-state index in [9.17, 15) is 0 Å². The molecule has 2 aromatic heterocycles. The molecule has 0 saturated heterocycles. The zero-order valence-electron chi connectivity index (χ0n) is 8.83. The Morgan fingerprint density at radius 3 is 2.93 bits per heavy atom. The van der Waals surface area contributed by atoms with Gasteiger partial charge in [-0.25, -0.2) is 4.68 Å². The van der Waals surface area contributed by atoms with Crippen LogP contribution in [0.5, 0.6) is 0 Å². The first-order chi connectivity index (χ1) is 7.20. The van der Waals surface area contributed by atoms with E-state index in [0.29, 0.717) is 0 Å². The van der Waals surface area contributed by atoms with Gasteiger partial charge in [0, 0.05) is 19.3 Å².